The third-order valence-electron chi connectivity index (χ3n) is 4.55. The maximum absolute atomic E-state index is 12.6. The number of rotatable bonds is 6. The summed E-state index contributed by atoms with van der Waals surface area (Å²) in [5, 5.41) is 3.01. The third kappa shape index (κ3) is 3.67. The van der Waals surface area contributed by atoms with Crippen molar-refractivity contribution in [3.05, 3.63) is 53.7 Å². The molecule has 5 nitrogen and oxygen atoms in total. The summed E-state index contributed by atoms with van der Waals surface area (Å²) in [6, 6.07) is 10.3. The van der Waals surface area contributed by atoms with Crippen LogP contribution in [0.4, 0.5) is 0 Å². The summed E-state index contributed by atoms with van der Waals surface area (Å²) < 4.78 is 11.0. The second-order valence-electron chi connectivity index (χ2n) is 6.54. The van der Waals surface area contributed by atoms with Gasteiger partial charge in [-0.3, -0.25) is 4.79 Å². The number of benzene rings is 1. The van der Waals surface area contributed by atoms with Crippen molar-refractivity contribution in [2.24, 2.45) is 5.92 Å². The number of hydrogen-bond acceptors (Lipinski definition) is 4. The number of amides is 1. The Morgan fingerprint density at radius 3 is 2.79 bits per heavy atom. The van der Waals surface area contributed by atoms with Crippen LogP contribution >= 0.6 is 0 Å². The highest BCUT2D eigenvalue weighted by molar-refractivity contribution is 5.93. The lowest BCUT2D eigenvalue weighted by Crippen LogP contribution is -2.31. The van der Waals surface area contributed by atoms with Crippen LogP contribution in [0.15, 0.2) is 41.1 Å². The summed E-state index contributed by atoms with van der Waals surface area (Å²) in [5.74, 6) is 1.03. The van der Waals surface area contributed by atoms with E-state index in [2.05, 4.69) is 36.3 Å². The Labute approximate surface area is 142 Å². The highest BCUT2D eigenvalue weighted by Gasteiger charge is 2.28. The van der Waals surface area contributed by atoms with E-state index >= 15 is 0 Å². The van der Waals surface area contributed by atoms with Crippen LogP contribution in [0.3, 0.4) is 0 Å². The average molecular weight is 328 g/mol. The first kappa shape index (κ1) is 16.7. The molecule has 1 fully saturated rings. The Morgan fingerprint density at radius 2 is 2.12 bits per heavy atom. The highest BCUT2D eigenvalue weighted by Crippen LogP contribution is 2.30. The van der Waals surface area contributed by atoms with Gasteiger partial charge in [-0.15, -0.1) is 0 Å². The Balaban J connectivity index is 1.67. The van der Waals surface area contributed by atoms with E-state index in [4.69, 9.17) is 9.15 Å². The summed E-state index contributed by atoms with van der Waals surface area (Å²) in [5.41, 5.74) is 1.57. The van der Waals surface area contributed by atoms with E-state index in [9.17, 15) is 4.79 Å². The largest absolute Gasteiger partial charge is 0.445 e. The molecule has 0 spiro atoms. The van der Waals surface area contributed by atoms with E-state index in [1.54, 1.807) is 0 Å². The molecule has 1 aliphatic rings. The zero-order chi connectivity index (χ0) is 16.9. The van der Waals surface area contributed by atoms with Crippen molar-refractivity contribution in [2.45, 2.75) is 38.7 Å². The van der Waals surface area contributed by atoms with Gasteiger partial charge in [-0.2, -0.15) is 0 Å². The van der Waals surface area contributed by atoms with E-state index < -0.39 is 0 Å². The van der Waals surface area contributed by atoms with Gasteiger partial charge in [-0.05, 0) is 24.3 Å². The predicted molar refractivity (Wildman–Crippen MR) is 90.8 cm³/mol. The van der Waals surface area contributed by atoms with Gasteiger partial charge in [0.1, 0.15) is 6.10 Å². The fourth-order valence-electron chi connectivity index (χ4n) is 3.16. The fourth-order valence-corrected chi connectivity index (χ4v) is 3.16. The molecule has 0 radical (unpaired) electrons. The van der Waals surface area contributed by atoms with Crippen LogP contribution in [-0.2, 0) is 4.74 Å². The van der Waals surface area contributed by atoms with Crippen molar-refractivity contribution >= 4 is 5.91 Å². The predicted octanol–water partition coefficient (Wildman–Crippen LogP) is 3.70. The lowest BCUT2D eigenvalue weighted by molar-refractivity contribution is 0.0859. The van der Waals surface area contributed by atoms with Gasteiger partial charge in [0, 0.05) is 19.1 Å². The monoisotopic (exact) mass is 328 g/mol. The molecule has 0 saturated carbocycles. The zero-order valence-electron chi connectivity index (χ0n) is 14.2. The van der Waals surface area contributed by atoms with Gasteiger partial charge >= 0.3 is 0 Å². The van der Waals surface area contributed by atoms with Gasteiger partial charge in [0.2, 0.25) is 0 Å². The van der Waals surface area contributed by atoms with E-state index in [1.165, 1.54) is 12.0 Å². The van der Waals surface area contributed by atoms with E-state index in [-0.39, 0.29) is 17.9 Å². The molecule has 0 bridgehead atoms. The lowest BCUT2D eigenvalue weighted by atomic mass is 9.88. The average Bonchev–Trinajstić information content (AvgIpc) is 3.26. The van der Waals surface area contributed by atoms with E-state index in [0.29, 0.717) is 30.5 Å². The number of nitrogens with one attached hydrogen (secondary N) is 1. The van der Waals surface area contributed by atoms with Crippen LogP contribution in [0.5, 0.6) is 0 Å². The zero-order valence-corrected chi connectivity index (χ0v) is 14.2. The van der Waals surface area contributed by atoms with E-state index in [0.717, 1.165) is 12.8 Å². The Morgan fingerprint density at radius 1 is 1.33 bits per heavy atom. The fraction of sp³-hybridized carbons (Fsp3) is 0.474. The van der Waals surface area contributed by atoms with Crippen LogP contribution in [0.25, 0.3) is 0 Å². The topological polar surface area (TPSA) is 64.4 Å². The quantitative estimate of drug-likeness (QED) is 0.878. The van der Waals surface area contributed by atoms with E-state index in [1.807, 2.05) is 18.2 Å². The van der Waals surface area contributed by atoms with Crippen molar-refractivity contribution in [1.29, 1.82) is 0 Å². The minimum Gasteiger partial charge on any atom is -0.445 e. The molecule has 1 aromatic heterocycles. The molecular formula is C19H24N2O3. The van der Waals surface area contributed by atoms with Crippen molar-refractivity contribution in [1.82, 2.24) is 10.3 Å². The Kier molecular flexibility index (Phi) is 5.30. The van der Waals surface area contributed by atoms with Crippen LogP contribution in [0.2, 0.25) is 0 Å². The minimum atomic E-state index is -0.198. The number of aromatic nitrogens is 1. The first-order valence-electron chi connectivity index (χ1n) is 8.55. The van der Waals surface area contributed by atoms with Crippen molar-refractivity contribution < 1.29 is 13.9 Å². The minimum absolute atomic E-state index is 0.150. The molecule has 2 aromatic rings. The standard InChI is InChI=1S/C19H24N2O3/c1-13(2)15(14-7-4-3-5-8-14)11-20-19(22)17-18(24-12-21-17)16-9-6-10-23-16/h3-5,7-8,12-13,15-16H,6,9-11H2,1-2H3,(H,20,22). The summed E-state index contributed by atoms with van der Waals surface area (Å²) in [7, 11) is 0. The van der Waals surface area contributed by atoms with Gasteiger partial charge < -0.3 is 14.5 Å². The van der Waals surface area contributed by atoms with Crippen molar-refractivity contribution in [3.63, 3.8) is 0 Å². The molecule has 2 unspecified atom stereocenters. The van der Waals surface area contributed by atoms with Crippen LogP contribution in [0.1, 0.15) is 60.5 Å². The number of ether oxygens (including phenoxy) is 1. The number of nitrogens with zero attached hydrogens (tertiary/aromatic N) is 1. The molecule has 1 saturated heterocycles. The van der Waals surface area contributed by atoms with Crippen molar-refractivity contribution in [3.8, 4) is 0 Å². The number of oxazole rings is 1. The van der Waals surface area contributed by atoms with Crippen LogP contribution in [0, 0.1) is 5.92 Å². The second kappa shape index (κ2) is 7.62. The summed E-state index contributed by atoms with van der Waals surface area (Å²) in [4.78, 5) is 16.7. The maximum atomic E-state index is 12.6. The molecule has 5 heteroatoms. The lowest BCUT2D eigenvalue weighted by Gasteiger charge is -2.21. The van der Waals surface area contributed by atoms with Gasteiger partial charge in [0.05, 0.1) is 0 Å². The molecule has 24 heavy (non-hydrogen) atoms. The second-order valence-corrected chi connectivity index (χ2v) is 6.54. The van der Waals surface area contributed by atoms with Gasteiger partial charge in [0.25, 0.3) is 5.91 Å². The van der Waals surface area contributed by atoms with Crippen LogP contribution in [-0.4, -0.2) is 24.0 Å². The third-order valence-corrected chi connectivity index (χ3v) is 4.55. The summed E-state index contributed by atoms with van der Waals surface area (Å²) >= 11 is 0. The Hall–Kier alpha value is -2.14. The first-order valence-corrected chi connectivity index (χ1v) is 8.55. The van der Waals surface area contributed by atoms with Crippen LogP contribution < -0.4 is 5.32 Å². The SMILES string of the molecule is CC(C)C(CNC(=O)c1ncoc1C1CCCO1)c1ccccc1. The molecule has 2 heterocycles. The van der Waals surface area contributed by atoms with Gasteiger partial charge in [0.15, 0.2) is 17.8 Å². The van der Waals surface area contributed by atoms with Crippen molar-refractivity contribution in [2.75, 3.05) is 13.2 Å². The Bertz CT molecular complexity index is 660. The molecule has 0 aliphatic carbocycles. The van der Waals surface area contributed by atoms with Gasteiger partial charge in [-0.1, -0.05) is 44.2 Å². The summed E-state index contributed by atoms with van der Waals surface area (Å²) in [6.45, 7) is 5.60. The number of hydrogen-bond donors (Lipinski definition) is 1. The molecular weight excluding hydrogens is 304 g/mol. The summed E-state index contributed by atoms with van der Waals surface area (Å²) in [6.07, 6.45) is 3.02. The molecule has 128 valence electrons. The first-order chi connectivity index (χ1) is 11.7. The number of carbonyl (C=O) groups is 1. The molecule has 2 atom stereocenters. The molecule has 3 rings (SSSR count). The van der Waals surface area contributed by atoms with Gasteiger partial charge in [-0.25, -0.2) is 4.98 Å². The highest BCUT2D eigenvalue weighted by atomic mass is 16.5. The maximum Gasteiger partial charge on any atom is 0.273 e. The normalized spacial score (nSPS) is 18.7. The molecule has 1 aliphatic heterocycles. The molecule has 1 aromatic carbocycles. The number of carbonyl (C=O) groups excluding carboxylic acids is 1. The molecule has 1 amide bonds. The smallest absolute Gasteiger partial charge is 0.273 e. The molecule has 1 N–H and O–H groups in total.